The Morgan fingerprint density at radius 1 is 1.38 bits per heavy atom. The molecule has 0 saturated carbocycles. The van der Waals surface area contributed by atoms with Crippen molar-refractivity contribution in [2.45, 2.75) is 26.2 Å². The second kappa shape index (κ2) is 5.63. The standard InChI is InChI=1S/C15H18N2O4/c1-9(6-15(18)19)5-14-16-10-7-12-13(8-11(10)17-14)21-4-2-3-20-12/h7-9H,2-6H2,1H3,(H,16,17)(H,18,19). The molecule has 6 heteroatoms. The Hall–Kier alpha value is -2.24. The number of nitrogens with zero attached hydrogens (tertiary/aromatic N) is 1. The molecule has 21 heavy (non-hydrogen) atoms. The summed E-state index contributed by atoms with van der Waals surface area (Å²) in [6.07, 6.45) is 1.61. The van der Waals surface area contributed by atoms with E-state index in [1.54, 1.807) is 0 Å². The quantitative estimate of drug-likeness (QED) is 0.903. The predicted molar refractivity (Wildman–Crippen MR) is 76.8 cm³/mol. The molecule has 1 unspecified atom stereocenters. The van der Waals surface area contributed by atoms with E-state index >= 15 is 0 Å². The van der Waals surface area contributed by atoms with Crippen LogP contribution in [0.2, 0.25) is 0 Å². The summed E-state index contributed by atoms with van der Waals surface area (Å²) in [4.78, 5) is 18.5. The van der Waals surface area contributed by atoms with Gasteiger partial charge in [-0.2, -0.15) is 0 Å². The van der Waals surface area contributed by atoms with E-state index in [9.17, 15) is 4.79 Å². The van der Waals surface area contributed by atoms with E-state index in [1.807, 2.05) is 19.1 Å². The lowest BCUT2D eigenvalue weighted by atomic mass is 10.0. The van der Waals surface area contributed by atoms with E-state index in [1.165, 1.54) is 0 Å². The third-order valence-corrected chi connectivity index (χ3v) is 3.47. The fourth-order valence-electron chi connectivity index (χ4n) is 2.52. The topological polar surface area (TPSA) is 84.4 Å². The van der Waals surface area contributed by atoms with E-state index in [4.69, 9.17) is 14.6 Å². The molecule has 0 amide bonds. The SMILES string of the molecule is CC(CC(=O)O)Cc1nc2cc3c(cc2[nH]1)OCCCO3. The normalized spacial score (nSPS) is 15.7. The van der Waals surface area contributed by atoms with Crippen molar-refractivity contribution in [1.29, 1.82) is 0 Å². The molecule has 1 aromatic heterocycles. The fourth-order valence-corrected chi connectivity index (χ4v) is 2.52. The summed E-state index contributed by atoms with van der Waals surface area (Å²) in [5, 5.41) is 8.81. The third kappa shape index (κ3) is 3.09. The number of carboxylic acids is 1. The van der Waals surface area contributed by atoms with Crippen LogP contribution in [0, 0.1) is 5.92 Å². The number of imidazole rings is 1. The Morgan fingerprint density at radius 3 is 2.81 bits per heavy atom. The van der Waals surface area contributed by atoms with Gasteiger partial charge in [-0.05, 0) is 5.92 Å². The lowest BCUT2D eigenvalue weighted by Crippen LogP contribution is -2.07. The van der Waals surface area contributed by atoms with Gasteiger partial charge in [-0.1, -0.05) is 6.92 Å². The van der Waals surface area contributed by atoms with Gasteiger partial charge in [-0.15, -0.1) is 0 Å². The lowest BCUT2D eigenvalue weighted by Gasteiger charge is -2.05. The summed E-state index contributed by atoms with van der Waals surface area (Å²) in [6, 6.07) is 3.77. The Bertz CT molecular complexity index is 622. The predicted octanol–water partition coefficient (Wildman–Crippen LogP) is 2.38. The van der Waals surface area contributed by atoms with Gasteiger partial charge >= 0.3 is 5.97 Å². The van der Waals surface area contributed by atoms with Gasteiger partial charge in [0.25, 0.3) is 0 Å². The summed E-state index contributed by atoms with van der Waals surface area (Å²) >= 11 is 0. The molecule has 1 aliphatic heterocycles. The van der Waals surface area contributed by atoms with Gasteiger partial charge in [0.05, 0.1) is 24.2 Å². The fraction of sp³-hybridized carbons (Fsp3) is 0.467. The van der Waals surface area contributed by atoms with Gasteiger partial charge in [-0.3, -0.25) is 4.79 Å². The molecule has 1 aromatic carbocycles. The van der Waals surface area contributed by atoms with Crippen LogP contribution in [0.4, 0.5) is 0 Å². The van der Waals surface area contributed by atoms with Crippen molar-refractivity contribution in [1.82, 2.24) is 9.97 Å². The van der Waals surface area contributed by atoms with Gasteiger partial charge in [-0.25, -0.2) is 4.98 Å². The minimum atomic E-state index is -0.785. The second-order valence-corrected chi connectivity index (χ2v) is 5.46. The number of benzene rings is 1. The Kier molecular flexibility index (Phi) is 3.68. The zero-order valence-corrected chi connectivity index (χ0v) is 11.9. The maximum atomic E-state index is 10.7. The van der Waals surface area contributed by atoms with Crippen LogP contribution in [0.25, 0.3) is 11.0 Å². The van der Waals surface area contributed by atoms with Crippen LogP contribution >= 0.6 is 0 Å². The average molecular weight is 290 g/mol. The zero-order valence-electron chi connectivity index (χ0n) is 11.9. The van der Waals surface area contributed by atoms with E-state index < -0.39 is 5.97 Å². The molecule has 1 aliphatic rings. The number of aromatic amines is 1. The van der Waals surface area contributed by atoms with Crippen molar-refractivity contribution in [2.75, 3.05) is 13.2 Å². The second-order valence-electron chi connectivity index (χ2n) is 5.46. The lowest BCUT2D eigenvalue weighted by molar-refractivity contribution is -0.137. The number of nitrogens with one attached hydrogen (secondary N) is 1. The van der Waals surface area contributed by atoms with Crippen LogP contribution in [0.1, 0.15) is 25.6 Å². The first kappa shape index (κ1) is 13.7. The Morgan fingerprint density at radius 2 is 2.10 bits per heavy atom. The molecule has 6 nitrogen and oxygen atoms in total. The molecular formula is C15H18N2O4. The number of hydrogen-bond acceptors (Lipinski definition) is 4. The molecule has 0 saturated heterocycles. The van der Waals surface area contributed by atoms with Crippen LogP contribution in [-0.2, 0) is 11.2 Å². The highest BCUT2D eigenvalue weighted by Crippen LogP contribution is 2.33. The summed E-state index contributed by atoms with van der Waals surface area (Å²) in [6.45, 7) is 3.20. The molecule has 2 N–H and O–H groups in total. The number of aromatic nitrogens is 2. The molecule has 0 fully saturated rings. The summed E-state index contributed by atoms with van der Waals surface area (Å²) in [5.41, 5.74) is 1.70. The van der Waals surface area contributed by atoms with Crippen molar-refractivity contribution in [2.24, 2.45) is 5.92 Å². The molecule has 0 radical (unpaired) electrons. The van der Waals surface area contributed by atoms with Crippen LogP contribution in [0.15, 0.2) is 12.1 Å². The van der Waals surface area contributed by atoms with Gasteiger partial charge in [0.1, 0.15) is 5.82 Å². The van der Waals surface area contributed by atoms with Crippen LogP contribution < -0.4 is 9.47 Å². The van der Waals surface area contributed by atoms with Gasteiger partial charge < -0.3 is 19.6 Å². The van der Waals surface area contributed by atoms with Crippen LogP contribution in [0.5, 0.6) is 11.5 Å². The number of ether oxygens (including phenoxy) is 2. The highest BCUT2D eigenvalue weighted by Gasteiger charge is 2.15. The zero-order chi connectivity index (χ0) is 14.8. The number of fused-ring (bicyclic) bond motifs is 2. The number of H-pyrrole nitrogens is 1. The molecule has 0 spiro atoms. The minimum Gasteiger partial charge on any atom is -0.489 e. The van der Waals surface area contributed by atoms with Gasteiger partial charge in [0.2, 0.25) is 0 Å². The summed E-state index contributed by atoms with van der Waals surface area (Å²) in [5.74, 6) is 1.49. The number of aliphatic carboxylic acids is 1. The number of carbonyl (C=O) groups is 1. The van der Waals surface area contributed by atoms with Crippen molar-refractivity contribution < 1.29 is 19.4 Å². The number of rotatable bonds is 4. The van der Waals surface area contributed by atoms with Gasteiger partial charge in [0.15, 0.2) is 11.5 Å². The molecule has 0 bridgehead atoms. The van der Waals surface area contributed by atoms with E-state index in [-0.39, 0.29) is 12.3 Å². The largest absolute Gasteiger partial charge is 0.489 e. The van der Waals surface area contributed by atoms with Crippen molar-refractivity contribution in [3.05, 3.63) is 18.0 Å². The van der Waals surface area contributed by atoms with Crippen molar-refractivity contribution >= 4 is 17.0 Å². The number of hydrogen-bond donors (Lipinski definition) is 2. The van der Waals surface area contributed by atoms with Crippen LogP contribution in [-0.4, -0.2) is 34.3 Å². The first-order valence-corrected chi connectivity index (χ1v) is 7.12. The summed E-state index contributed by atoms with van der Waals surface area (Å²) in [7, 11) is 0. The van der Waals surface area contributed by atoms with E-state index in [0.29, 0.717) is 19.6 Å². The summed E-state index contributed by atoms with van der Waals surface area (Å²) < 4.78 is 11.3. The first-order chi connectivity index (χ1) is 10.1. The molecule has 112 valence electrons. The smallest absolute Gasteiger partial charge is 0.303 e. The molecule has 2 heterocycles. The van der Waals surface area contributed by atoms with E-state index in [2.05, 4.69) is 9.97 Å². The van der Waals surface area contributed by atoms with E-state index in [0.717, 1.165) is 34.8 Å². The Balaban J connectivity index is 1.85. The number of carboxylic acid groups (broad SMARTS) is 1. The highest BCUT2D eigenvalue weighted by atomic mass is 16.5. The Labute approximate surface area is 122 Å². The van der Waals surface area contributed by atoms with Crippen molar-refractivity contribution in [3.63, 3.8) is 0 Å². The molecule has 0 aliphatic carbocycles. The van der Waals surface area contributed by atoms with Crippen LogP contribution in [0.3, 0.4) is 0 Å². The molecular weight excluding hydrogens is 272 g/mol. The minimum absolute atomic E-state index is 0.0355. The highest BCUT2D eigenvalue weighted by molar-refractivity contribution is 5.79. The monoisotopic (exact) mass is 290 g/mol. The maximum Gasteiger partial charge on any atom is 0.303 e. The molecule has 3 rings (SSSR count). The third-order valence-electron chi connectivity index (χ3n) is 3.47. The molecule has 1 atom stereocenters. The first-order valence-electron chi connectivity index (χ1n) is 7.12. The van der Waals surface area contributed by atoms with Gasteiger partial charge in [0, 0.05) is 31.4 Å². The molecule has 2 aromatic rings. The maximum absolute atomic E-state index is 10.7. The average Bonchev–Trinajstić information content (AvgIpc) is 2.63. The van der Waals surface area contributed by atoms with Crippen molar-refractivity contribution in [3.8, 4) is 11.5 Å².